The van der Waals surface area contributed by atoms with E-state index in [1.165, 1.54) is 12.1 Å². The molecule has 7 heteroatoms. The van der Waals surface area contributed by atoms with Gasteiger partial charge in [-0.2, -0.15) is 4.98 Å². The second-order valence-corrected chi connectivity index (χ2v) is 5.08. The van der Waals surface area contributed by atoms with Crippen LogP contribution in [0.15, 0.2) is 48.5 Å². The third kappa shape index (κ3) is 3.62. The van der Waals surface area contributed by atoms with E-state index in [0.717, 1.165) is 12.1 Å². The molecule has 2 N–H and O–H groups in total. The van der Waals surface area contributed by atoms with Gasteiger partial charge in [0, 0.05) is 23.5 Å². The van der Waals surface area contributed by atoms with Crippen molar-refractivity contribution in [3.8, 4) is 0 Å². The molecule has 0 saturated heterocycles. The van der Waals surface area contributed by atoms with Gasteiger partial charge in [-0.15, -0.1) is 0 Å². The van der Waals surface area contributed by atoms with Crippen LogP contribution in [0.5, 0.6) is 0 Å². The summed E-state index contributed by atoms with van der Waals surface area (Å²) < 4.78 is 39.9. The molecule has 0 spiro atoms. The van der Waals surface area contributed by atoms with Crippen molar-refractivity contribution in [2.75, 3.05) is 10.6 Å². The Balaban J connectivity index is 1.86. The van der Waals surface area contributed by atoms with E-state index in [1.807, 2.05) is 0 Å². The lowest BCUT2D eigenvalue weighted by molar-refractivity contribution is 0.509. The summed E-state index contributed by atoms with van der Waals surface area (Å²) in [5.74, 6) is -1.77. The maximum absolute atomic E-state index is 13.7. The molecule has 2 aromatic carbocycles. The normalized spacial score (nSPS) is 10.5. The maximum Gasteiger partial charge on any atom is 0.229 e. The van der Waals surface area contributed by atoms with E-state index in [0.29, 0.717) is 17.2 Å². The van der Waals surface area contributed by atoms with Gasteiger partial charge in [-0.05, 0) is 31.2 Å². The van der Waals surface area contributed by atoms with Gasteiger partial charge in [0.1, 0.15) is 11.6 Å². The molecule has 0 fully saturated rings. The molecular formula is C17H13F3N4. The molecule has 0 aliphatic carbocycles. The second kappa shape index (κ2) is 6.57. The van der Waals surface area contributed by atoms with Gasteiger partial charge in [-0.1, -0.05) is 12.1 Å². The average molecular weight is 330 g/mol. The predicted octanol–water partition coefficient (Wildman–Crippen LogP) is 4.69. The molecule has 0 bridgehead atoms. The largest absolute Gasteiger partial charge is 0.340 e. The van der Waals surface area contributed by atoms with Crippen LogP contribution in [0.2, 0.25) is 0 Å². The first-order chi connectivity index (χ1) is 11.5. The van der Waals surface area contributed by atoms with Gasteiger partial charge < -0.3 is 10.6 Å². The van der Waals surface area contributed by atoms with Crippen LogP contribution in [-0.2, 0) is 0 Å². The summed E-state index contributed by atoms with van der Waals surface area (Å²) in [7, 11) is 0. The predicted molar refractivity (Wildman–Crippen MR) is 86.1 cm³/mol. The highest BCUT2D eigenvalue weighted by atomic mass is 19.2. The third-order valence-electron chi connectivity index (χ3n) is 3.17. The maximum atomic E-state index is 13.7. The quantitative estimate of drug-likeness (QED) is 0.729. The molecule has 1 heterocycles. The Kier molecular flexibility index (Phi) is 4.33. The van der Waals surface area contributed by atoms with Crippen molar-refractivity contribution in [2.45, 2.75) is 6.92 Å². The first-order valence-electron chi connectivity index (χ1n) is 7.10. The SMILES string of the molecule is Cc1cc(Nc2ccc(F)c(F)c2)nc(Nc2ccccc2F)n1. The molecule has 0 amide bonds. The smallest absolute Gasteiger partial charge is 0.229 e. The number of rotatable bonds is 4. The van der Waals surface area contributed by atoms with Gasteiger partial charge in [-0.25, -0.2) is 18.2 Å². The van der Waals surface area contributed by atoms with Crippen LogP contribution < -0.4 is 10.6 Å². The fraction of sp³-hybridized carbons (Fsp3) is 0.0588. The number of hydrogen-bond donors (Lipinski definition) is 2. The van der Waals surface area contributed by atoms with E-state index in [-0.39, 0.29) is 11.6 Å². The van der Waals surface area contributed by atoms with Crippen molar-refractivity contribution in [3.63, 3.8) is 0 Å². The molecule has 0 atom stereocenters. The van der Waals surface area contributed by atoms with Crippen molar-refractivity contribution in [2.24, 2.45) is 0 Å². The number of anilines is 4. The van der Waals surface area contributed by atoms with E-state index in [4.69, 9.17) is 0 Å². The lowest BCUT2D eigenvalue weighted by Crippen LogP contribution is -2.03. The third-order valence-corrected chi connectivity index (χ3v) is 3.17. The number of aryl methyl sites for hydroxylation is 1. The Bertz CT molecular complexity index is 883. The Morgan fingerprint density at radius 1 is 0.792 bits per heavy atom. The van der Waals surface area contributed by atoms with Gasteiger partial charge in [0.05, 0.1) is 5.69 Å². The van der Waals surface area contributed by atoms with Crippen LogP contribution >= 0.6 is 0 Å². The lowest BCUT2D eigenvalue weighted by atomic mass is 10.3. The van der Waals surface area contributed by atoms with Gasteiger partial charge in [0.15, 0.2) is 11.6 Å². The van der Waals surface area contributed by atoms with E-state index >= 15 is 0 Å². The second-order valence-electron chi connectivity index (χ2n) is 5.08. The number of nitrogens with zero attached hydrogens (tertiary/aromatic N) is 2. The number of nitrogens with one attached hydrogen (secondary N) is 2. The van der Waals surface area contributed by atoms with Crippen molar-refractivity contribution in [1.29, 1.82) is 0 Å². The lowest BCUT2D eigenvalue weighted by Gasteiger charge is -2.10. The van der Waals surface area contributed by atoms with Gasteiger partial charge in [0.25, 0.3) is 0 Å². The minimum absolute atomic E-state index is 0.185. The zero-order valence-corrected chi connectivity index (χ0v) is 12.6. The van der Waals surface area contributed by atoms with Gasteiger partial charge in [0.2, 0.25) is 5.95 Å². The molecule has 1 aromatic heterocycles. The molecule has 4 nitrogen and oxygen atoms in total. The van der Waals surface area contributed by atoms with E-state index in [1.54, 1.807) is 31.2 Å². The standard InChI is InChI=1S/C17H13F3N4/c1-10-8-16(22-11-6-7-12(18)14(20)9-11)24-17(21-10)23-15-5-3-2-4-13(15)19/h2-9H,1H3,(H2,21,22,23,24). The van der Waals surface area contributed by atoms with Crippen molar-refractivity contribution in [1.82, 2.24) is 9.97 Å². The van der Waals surface area contributed by atoms with Crippen LogP contribution in [-0.4, -0.2) is 9.97 Å². The molecule has 0 aliphatic rings. The number of benzene rings is 2. The summed E-state index contributed by atoms with van der Waals surface area (Å²) in [4.78, 5) is 8.38. The minimum Gasteiger partial charge on any atom is -0.340 e. The van der Waals surface area contributed by atoms with Crippen LogP contribution in [0.1, 0.15) is 5.69 Å². The highest BCUT2D eigenvalue weighted by molar-refractivity contribution is 5.60. The van der Waals surface area contributed by atoms with Gasteiger partial charge in [-0.3, -0.25) is 0 Å². The zero-order valence-electron chi connectivity index (χ0n) is 12.6. The summed E-state index contributed by atoms with van der Waals surface area (Å²) in [5.41, 5.74) is 1.19. The molecule has 0 aliphatic heterocycles. The van der Waals surface area contributed by atoms with Crippen LogP contribution in [0.3, 0.4) is 0 Å². The van der Waals surface area contributed by atoms with Crippen molar-refractivity contribution in [3.05, 3.63) is 71.7 Å². The number of halogens is 3. The average Bonchev–Trinajstić information content (AvgIpc) is 2.53. The minimum atomic E-state index is -0.963. The summed E-state index contributed by atoms with van der Waals surface area (Å²) in [5, 5.41) is 5.65. The van der Waals surface area contributed by atoms with Crippen molar-refractivity contribution < 1.29 is 13.2 Å². The number of para-hydroxylation sites is 1. The number of aromatic nitrogens is 2. The molecule has 3 aromatic rings. The molecule has 24 heavy (non-hydrogen) atoms. The van der Waals surface area contributed by atoms with Crippen molar-refractivity contribution >= 4 is 23.1 Å². The zero-order chi connectivity index (χ0) is 17.1. The monoisotopic (exact) mass is 330 g/mol. The summed E-state index contributed by atoms with van der Waals surface area (Å²) in [6.45, 7) is 1.74. The summed E-state index contributed by atoms with van der Waals surface area (Å²) >= 11 is 0. The van der Waals surface area contributed by atoms with Gasteiger partial charge >= 0.3 is 0 Å². The summed E-state index contributed by atoms with van der Waals surface area (Å²) in [6.07, 6.45) is 0. The Hall–Kier alpha value is -3.09. The molecular weight excluding hydrogens is 317 g/mol. The number of hydrogen-bond acceptors (Lipinski definition) is 4. The molecule has 0 saturated carbocycles. The highest BCUT2D eigenvalue weighted by Crippen LogP contribution is 2.21. The topological polar surface area (TPSA) is 49.8 Å². The Morgan fingerprint density at radius 2 is 1.58 bits per heavy atom. The molecule has 0 unspecified atom stereocenters. The fourth-order valence-electron chi connectivity index (χ4n) is 2.09. The Morgan fingerprint density at radius 3 is 2.33 bits per heavy atom. The van der Waals surface area contributed by atoms with E-state index in [2.05, 4.69) is 20.6 Å². The first kappa shape index (κ1) is 15.8. The van der Waals surface area contributed by atoms with E-state index < -0.39 is 17.5 Å². The molecule has 122 valence electrons. The van der Waals surface area contributed by atoms with Crippen LogP contribution in [0.25, 0.3) is 0 Å². The van der Waals surface area contributed by atoms with E-state index in [9.17, 15) is 13.2 Å². The van der Waals surface area contributed by atoms with Crippen LogP contribution in [0.4, 0.5) is 36.3 Å². The first-order valence-corrected chi connectivity index (χ1v) is 7.10. The highest BCUT2D eigenvalue weighted by Gasteiger charge is 2.08. The van der Waals surface area contributed by atoms with Crippen LogP contribution in [0, 0.1) is 24.4 Å². The molecule has 3 rings (SSSR count). The fourth-order valence-corrected chi connectivity index (χ4v) is 2.09. The molecule has 0 radical (unpaired) electrons. The Labute approximate surface area is 136 Å². The summed E-state index contributed by atoms with van der Waals surface area (Å²) in [6, 6.07) is 11.2.